The van der Waals surface area contributed by atoms with Gasteiger partial charge >= 0.3 is 0 Å². The summed E-state index contributed by atoms with van der Waals surface area (Å²) in [6, 6.07) is 15.7. The molecule has 1 aliphatic heterocycles. The summed E-state index contributed by atoms with van der Waals surface area (Å²) in [5.41, 5.74) is 4.06. The van der Waals surface area contributed by atoms with Gasteiger partial charge in [0.2, 0.25) is 5.91 Å². The van der Waals surface area contributed by atoms with Gasteiger partial charge in [-0.05, 0) is 37.1 Å². The van der Waals surface area contributed by atoms with Crippen molar-refractivity contribution in [3.63, 3.8) is 0 Å². The number of aryl methyl sites for hydroxylation is 2. The number of hydrogen-bond acceptors (Lipinski definition) is 3. The molecule has 1 aliphatic rings. The Hall–Kier alpha value is -2.66. The van der Waals surface area contributed by atoms with E-state index >= 15 is 0 Å². The maximum atomic E-state index is 13.0. The summed E-state index contributed by atoms with van der Waals surface area (Å²) in [6.07, 6.45) is 0. The molecule has 2 atom stereocenters. The largest absolute Gasteiger partial charge is 0.383 e. The van der Waals surface area contributed by atoms with Crippen LogP contribution in [0.2, 0.25) is 0 Å². The quantitative estimate of drug-likeness (QED) is 0.784. The van der Waals surface area contributed by atoms with Crippen molar-refractivity contribution < 1.29 is 14.3 Å². The topological polar surface area (TPSA) is 58.6 Å². The van der Waals surface area contributed by atoms with Gasteiger partial charge in [0, 0.05) is 38.2 Å². The molecule has 1 saturated heterocycles. The fourth-order valence-corrected chi connectivity index (χ4v) is 3.84. The molecule has 2 aromatic rings. The molecule has 1 N–H and O–H groups in total. The van der Waals surface area contributed by atoms with E-state index in [4.69, 9.17) is 4.74 Å². The van der Waals surface area contributed by atoms with Crippen molar-refractivity contribution in [1.82, 2.24) is 10.2 Å². The predicted molar refractivity (Wildman–Crippen MR) is 109 cm³/mol. The molecule has 0 bridgehead atoms. The molecule has 0 aromatic heterocycles. The first-order valence-corrected chi connectivity index (χ1v) is 9.69. The summed E-state index contributed by atoms with van der Waals surface area (Å²) < 4.78 is 5.03. The van der Waals surface area contributed by atoms with Gasteiger partial charge in [-0.2, -0.15) is 0 Å². The van der Waals surface area contributed by atoms with Crippen LogP contribution in [0.1, 0.15) is 33.0 Å². The fraction of sp³-hybridized carbons (Fsp3) is 0.391. The van der Waals surface area contributed by atoms with Crippen molar-refractivity contribution in [3.8, 4) is 0 Å². The zero-order valence-electron chi connectivity index (χ0n) is 16.8. The van der Waals surface area contributed by atoms with Gasteiger partial charge in [0.1, 0.15) is 0 Å². The number of ether oxygens (including phenoxy) is 1. The van der Waals surface area contributed by atoms with Gasteiger partial charge in [-0.15, -0.1) is 0 Å². The number of amides is 2. The second-order valence-electron chi connectivity index (χ2n) is 7.43. The van der Waals surface area contributed by atoms with Crippen LogP contribution in [-0.4, -0.2) is 50.1 Å². The zero-order valence-corrected chi connectivity index (χ0v) is 16.8. The van der Waals surface area contributed by atoms with Gasteiger partial charge in [0.15, 0.2) is 0 Å². The van der Waals surface area contributed by atoms with E-state index in [9.17, 15) is 9.59 Å². The minimum atomic E-state index is -0.271. The lowest BCUT2D eigenvalue weighted by molar-refractivity contribution is -0.125. The van der Waals surface area contributed by atoms with Crippen LogP contribution < -0.4 is 5.32 Å². The number of nitrogens with zero attached hydrogens (tertiary/aromatic N) is 1. The predicted octanol–water partition coefficient (Wildman–Crippen LogP) is 2.92. The number of methoxy groups -OCH3 is 1. The second kappa shape index (κ2) is 9.02. The molecule has 1 fully saturated rings. The van der Waals surface area contributed by atoms with Crippen molar-refractivity contribution in [2.45, 2.75) is 19.8 Å². The van der Waals surface area contributed by atoms with E-state index in [1.54, 1.807) is 7.11 Å². The lowest BCUT2D eigenvalue weighted by Crippen LogP contribution is -2.37. The van der Waals surface area contributed by atoms with Crippen molar-refractivity contribution >= 4 is 11.8 Å². The zero-order chi connectivity index (χ0) is 20.1. The van der Waals surface area contributed by atoms with Gasteiger partial charge in [0.25, 0.3) is 5.91 Å². The van der Waals surface area contributed by atoms with Crippen LogP contribution in [-0.2, 0) is 9.53 Å². The molecule has 0 radical (unpaired) electrons. The van der Waals surface area contributed by atoms with Crippen LogP contribution in [0.4, 0.5) is 0 Å². The minimum absolute atomic E-state index is 0.0156. The third-order valence-electron chi connectivity index (χ3n) is 5.44. The van der Waals surface area contributed by atoms with E-state index < -0.39 is 0 Å². The lowest BCUT2D eigenvalue weighted by atomic mass is 9.86. The highest BCUT2D eigenvalue weighted by atomic mass is 16.5. The Kier molecular flexibility index (Phi) is 6.47. The van der Waals surface area contributed by atoms with Gasteiger partial charge in [-0.3, -0.25) is 9.59 Å². The normalized spacial score (nSPS) is 18.9. The van der Waals surface area contributed by atoms with E-state index in [0.29, 0.717) is 31.8 Å². The van der Waals surface area contributed by atoms with Crippen molar-refractivity contribution in [2.75, 3.05) is 33.4 Å². The van der Waals surface area contributed by atoms with Crippen LogP contribution in [0.15, 0.2) is 48.5 Å². The van der Waals surface area contributed by atoms with Gasteiger partial charge in [0.05, 0.1) is 12.5 Å². The first kappa shape index (κ1) is 20.1. The molecule has 5 nitrogen and oxygen atoms in total. The molecule has 3 rings (SSSR count). The lowest BCUT2D eigenvalue weighted by Gasteiger charge is -2.19. The molecule has 0 aliphatic carbocycles. The molecule has 0 unspecified atom stereocenters. The minimum Gasteiger partial charge on any atom is -0.383 e. The number of carbonyl (C=O) groups is 2. The Morgan fingerprint density at radius 1 is 1.07 bits per heavy atom. The van der Waals surface area contributed by atoms with Crippen molar-refractivity contribution in [1.29, 1.82) is 0 Å². The Morgan fingerprint density at radius 2 is 1.79 bits per heavy atom. The molecule has 1 heterocycles. The molecule has 2 amide bonds. The molecule has 2 aromatic carbocycles. The third-order valence-corrected chi connectivity index (χ3v) is 5.44. The Balaban J connectivity index is 1.83. The smallest absolute Gasteiger partial charge is 0.253 e. The Bertz CT molecular complexity index is 832. The van der Waals surface area contributed by atoms with Crippen LogP contribution in [0.5, 0.6) is 0 Å². The van der Waals surface area contributed by atoms with E-state index in [2.05, 4.69) is 24.4 Å². The number of carbonyl (C=O) groups excluding carboxylic acids is 2. The summed E-state index contributed by atoms with van der Waals surface area (Å²) in [7, 11) is 1.61. The Labute approximate surface area is 166 Å². The monoisotopic (exact) mass is 380 g/mol. The third kappa shape index (κ3) is 4.42. The van der Waals surface area contributed by atoms with Gasteiger partial charge in [-0.1, -0.05) is 42.0 Å². The van der Waals surface area contributed by atoms with E-state index in [-0.39, 0.29) is 23.7 Å². The highest BCUT2D eigenvalue weighted by Gasteiger charge is 2.40. The summed E-state index contributed by atoms with van der Waals surface area (Å²) in [5, 5.41) is 2.95. The standard InChI is InChI=1S/C23H28N2O3/c1-16-8-10-18(11-9-16)23(27)25-14-20(19-7-5-4-6-17(19)2)21(15-25)22(26)24-12-13-28-3/h4-11,20-21H,12-15H2,1-3H3,(H,24,26)/t20-,21+/m0/s1. The second-order valence-corrected chi connectivity index (χ2v) is 7.43. The van der Waals surface area contributed by atoms with Gasteiger partial charge in [-0.25, -0.2) is 0 Å². The van der Waals surface area contributed by atoms with Crippen LogP contribution in [0.3, 0.4) is 0 Å². The van der Waals surface area contributed by atoms with Crippen molar-refractivity contribution in [2.24, 2.45) is 5.92 Å². The molecule has 0 spiro atoms. The highest BCUT2D eigenvalue weighted by Crippen LogP contribution is 2.35. The number of nitrogens with one attached hydrogen (secondary N) is 1. The number of likely N-dealkylation sites (tertiary alicyclic amines) is 1. The summed E-state index contributed by atoms with van der Waals surface area (Å²) >= 11 is 0. The number of rotatable bonds is 6. The maximum Gasteiger partial charge on any atom is 0.253 e. The first-order chi connectivity index (χ1) is 13.5. The molecular formula is C23H28N2O3. The average molecular weight is 380 g/mol. The molecule has 0 saturated carbocycles. The van der Waals surface area contributed by atoms with E-state index in [1.807, 2.05) is 48.2 Å². The van der Waals surface area contributed by atoms with Crippen LogP contribution in [0.25, 0.3) is 0 Å². The number of hydrogen-bond donors (Lipinski definition) is 1. The van der Waals surface area contributed by atoms with Crippen molar-refractivity contribution in [3.05, 3.63) is 70.8 Å². The maximum absolute atomic E-state index is 13.0. The van der Waals surface area contributed by atoms with E-state index in [1.165, 1.54) is 0 Å². The highest BCUT2D eigenvalue weighted by molar-refractivity contribution is 5.95. The fourth-order valence-electron chi connectivity index (χ4n) is 3.84. The molecule has 5 heteroatoms. The van der Waals surface area contributed by atoms with E-state index in [0.717, 1.165) is 16.7 Å². The molecule has 28 heavy (non-hydrogen) atoms. The first-order valence-electron chi connectivity index (χ1n) is 9.69. The SMILES string of the molecule is COCCNC(=O)[C@@H]1CN(C(=O)c2ccc(C)cc2)C[C@H]1c1ccccc1C. The summed E-state index contributed by atoms with van der Waals surface area (Å²) in [4.78, 5) is 27.7. The van der Waals surface area contributed by atoms with Crippen LogP contribution >= 0.6 is 0 Å². The Morgan fingerprint density at radius 3 is 2.46 bits per heavy atom. The van der Waals surface area contributed by atoms with Crippen LogP contribution in [0, 0.1) is 19.8 Å². The summed E-state index contributed by atoms with van der Waals surface area (Å²) in [6.45, 7) is 5.96. The number of benzene rings is 2. The van der Waals surface area contributed by atoms with Gasteiger partial charge < -0.3 is 15.0 Å². The average Bonchev–Trinajstić information content (AvgIpc) is 3.14. The summed E-state index contributed by atoms with van der Waals surface area (Å²) in [5.74, 6) is -0.333. The molecular weight excluding hydrogens is 352 g/mol. The molecule has 148 valence electrons.